The molecule has 1 aliphatic rings. The Morgan fingerprint density at radius 1 is 1.37 bits per heavy atom. The van der Waals surface area contributed by atoms with Crippen LogP contribution in [0.25, 0.3) is 0 Å². The van der Waals surface area contributed by atoms with Crippen molar-refractivity contribution in [2.45, 2.75) is 52.5 Å². The third-order valence-electron chi connectivity index (χ3n) is 3.28. The maximum Gasteiger partial charge on any atom is 0.305 e. The van der Waals surface area contributed by atoms with E-state index in [1.807, 2.05) is 0 Å². The average molecular weight is 287 g/mol. The third kappa shape index (κ3) is 6.32. The van der Waals surface area contributed by atoms with E-state index in [0.29, 0.717) is 13.0 Å². The lowest BCUT2D eigenvalue weighted by atomic mass is 9.90. The van der Waals surface area contributed by atoms with E-state index in [2.05, 4.69) is 20.8 Å². The molecule has 0 aromatic heterocycles. The molecular weight excluding hydrogens is 262 g/mol. The van der Waals surface area contributed by atoms with Crippen LogP contribution in [-0.4, -0.2) is 46.0 Å². The van der Waals surface area contributed by atoms with Gasteiger partial charge in [-0.2, -0.15) is 11.8 Å². The zero-order valence-electron chi connectivity index (χ0n) is 12.1. The highest BCUT2D eigenvalue weighted by Crippen LogP contribution is 2.24. The van der Waals surface area contributed by atoms with Crippen LogP contribution in [0.3, 0.4) is 0 Å². The minimum absolute atomic E-state index is 0.0675. The molecule has 1 fully saturated rings. The Labute approximate surface area is 119 Å². The van der Waals surface area contributed by atoms with Crippen LogP contribution in [0, 0.1) is 5.41 Å². The average Bonchev–Trinajstić information content (AvgIpc) is 2.27. The van der Waals surface area contributed by atoms with Gasteiger partial charge in [0.2, 0.25) is 5.91 Å². The monoisotopic (exact) mass is 287 g/mol. The maximum atomic E-state index is 12.2. The Morgan fingerprint density at radius 2 is 2.05 bits per heavy atom. The minimum Gasteiger partial charge on any atom is -0.481 e. The topological polar surface area (TPSA) is 57.6 Å². The van der Waals surface area contributed by atoms with E-state index in [1.54, 1.807) is 16.7 Å². The quantitative estimate of drug-likeness (QED) is 0.844. The van der Waals surface area contributed by atoms with Gasteiger partial charge in [0.05, 0.1) is 12.5 Å². The number of carboxylic acid groups (broad SMARTS) is 1. The lowest BCUT2D eigenvalue weighted by molar-refractivity contribution is -0.140. The van der Waals surface area contributed by atoms with Gasteiger partial charge in [-0.1, -0.05) is 20.8 Å². The third-order valence-corrected chi connectivity index (χ3v) is 4.37. The van der Waals surface area contributed by atoms with E-state index in [4.69, 9.17) is 5.11 Å². The normalized spacial score (nSPS) is 20.4. The number of nitrogens with zero attached hydrogens (tertiary/aromatic N) is 1. The molecule has 0 saturated carbocycles. The van der Waals surface area contributed by atoms with E-state index in [9.17, 15) is 9.59 Å². The second-order valence-corrected chi connectivity index (χ2v) is 7.48. The number of thioether (sulfide) groups is 1. The van der Waals surface area contributed by atoms with Gasteiger partial charge in [-0.15, -0.1) is 0 Å². The standard InChI is InChI=1S/C14H25NO3S/c1-14(2,3)6-4-5-12(16)15-7-8-19-10-11(15)9-13(17)18/h11H,4-10H2,1-3H3,(H,17,18). The molecule has 0 aliphatic carbocycles. The molecule has 5 heteroatoms. The highest BCUT2D eigenvalue weighted by Gasteiger charge is 2.28. The zero-order chi connectivity index (χ0) is 14.5. The molecule has 19 heavy (non-hydrogen) atoms. The SMILES string of the molecule is CC(C)(C)CCCC(=O)N1CCSCC1CC(=O)O. The first-order chi connectivity index (χ1) is 8.79. The van der Waals surface area contributed by atoms with Gasteiger partial charge in [0.15, 0.2) is 0 Å². The van der Waals surface area contributed by atoms with Gasteiger partial charge in [-0.25, -0.2) is 0 Å². The van der Waals surface area contributed by atoms with Crippen molar-refractivity contribution in [2.24, 2.45) is 5.41 Å². The molecule has 0 aromatic rings. The fraction of sp³-hybridized carbons (Fsp3) is 0.857. The van der Waals surface area contributed by atoms with Gasteiger partial charge in [0.1, 0.15) is 0 Å². The Morgan fingerprint density at radius 3 is 2.63 bits per heavy atom. The largest absolute Gasteiger partial charge is 0.481 e. The highest BCUT2D eigenvalue weighted by atomic mass is 32.2. The summed E-state index contributed by atoms with van der Waals surface area (Å²) in [7, 11) is 0. The molecule has 0 radical (unpaired) electrons. The fourth-order valence-electron chi connectivity index (χ4n) is 2.27. The van der Waals surface area contributed by atoms with Crippen molar-refractivity contribution in [1.29, 1.82) is 0 Å². The number of carbonyl (C=O) groups excluding carboxylic acids is 1. The van der Waals surface area contributed by atoms with E-state index in [1.165, 1.54) is 0 Å². The van der Waals surface area contributed by atoms with Crippen molar-refractivity contribution >= 4 is 23.6 Å². The molecule has 0 bridgehead atoms. The molecule has 0 aromatic carbocycles. The van der Waals surface area contributed by atoms with Crippen molar-refractivity contribution in [3.05, 3.63) is 0 Å². The summed E-state index contributed by atoms with van der Waals surface area (Å²) in [6, 6.07) is -0.126. The van der Waals surface area contributed by atoms with Crippen LogP contribution in [0.5, 0.6) is 0 Å². The summed E-state index contributed by atoms with van der Waals surface area (Å²) < 4.78 is 0. The number of carboxylic acids is 1. The molecule has 1 rings (SSSR count). The predicted octanol–water partition coefficient (Wildman–Crippen LogP) is 2.62. The molecule has 1 N–H and O–H groups in total. The van der Waals surface area contributed by atoms with E-state index >= 15 is 0 Å². The first-order valence-electron chi connectivity index (χ1n) is 6.88. The molecule has 1 unspecified atom stereocenters. The summed E-state index contributed by atoms with van der Waals surface area (Å²) in [4.78, 5) is 24.8. The number of carbonyl (C=O) groups is 2. The van der Waals surface area contributed by atoms with Crippen molar-refractivity contribution < 1.29 is 14.7 Å². The van der Waals surface area contributed by atoms with E-state index < -0.39 is 5.97 Å². The Kier molecular flexibility index (Phi) is 6.17. The van der Waals surface area contributed by atoms with Crippen molar-refractivity contribution in [2.75, 3.05) is 18.1 Å². The molecular formula is C14H25NO3S. The second kappa shape index (κ2) is 7.17. The van der Waals surface area contributed by atoms with Crippen molar-refractivity contribution in [1.82, 2.24) is 4.90 Å². The first kappa shape index (κ1) is 16.3. The zero-order valence-corrected chi connectivity index (χ0v) is 13.0. The molecule has 110 valence electrons. The number of hydrogen-bond acceptors (Lipinski definition) is 3. The summed E-state index contributed by atoms with van der Waals surface area (Å²) in [5.74, 6) is 0.967. The lowest BCUT2D eigenvalue weighted by Crippen LogP contribution is -2.47. The molecule has 4 nitrogen and oxygen atoms in total. The number of amides is 1. The van der Waals surface area contributed by atoms with Gasteiger partial charge >= 0.3 is 5.97 Å². The first-order valence-corrected chi connectivity index (χ1v) is 8.04. The van der Waals surface area contributed by atoms with Gasteiger partial charge < -0.3 is 10.0 Å². The van der Waals surface area contributed by atoms with Gasteiger partial charge in [0.25, 0.3) is 0 Å². The summed E-state index contributed by atoms with van der Waals surface area (Å²) >= 11 is 1.74. The van der Waals surface area contributed by atoms with Crippen molar-refractivity contribution in [3.63, 3.8) is 0 Å². The Bertz CT molecular complexity index is 325. The lowest BCUT2D eigenvalue weighted by Gasteiger charge is -2.35. The van der Waals surface area contributed by atoms with Gasteiger partial charge in [0, 0.05) is 24.5 Å². The van der Waals surface area contributed by atoms with Crippen LogP contribution in [0.4, 0.5) is 0 Å². The van der Waals surface area contributed by atoms with Crippen LogP contribution in [0.15, 0.2) is 0 Å². The molecule has 1 heterocycles. The van der Waals surface area contributed by atoms with E-state index in [-0.39, 0.29) is 23.8 Å². The van der Waals surface area contributed by atoms with E-state index in [0.717, 1.165) is 24.3 Å². The van der Waals surface area contributed by atoms with Crippen LogP contribution >= 0.6 is 11.8 Å². The van der Waals surface area contributed by atoms with Gasteiger partial charge in [-0.3, -0.25) is 9.59 Å². The van der Waals surface area contributed by atoms with Crippen molar-refractivity contribution in [3.8, 4) is 0 Å². The smallest absolute Gasteiger partial charge is 0.305 e. The Balaban J connectivity index is 2.45. The molecule has 1 saturated heterocycles. The maximum absolute atomic E-state index is 12.2. The number of hydrogen-bond donors (Lipinski definition) is 1. The molecule has 1 atom stereocenters. The predicted molar refractivity (Wildman–Crippen MR) is 78.4 cm³/mol. The highest BCUT2D eigenvalue weighted by molar-refractivity contribution is 7.99. The summed E-state index contributed by atoms with van der Waals surface area (Å²) in [5.41, 5.74) is 0.249. The minimum atomic E-state index is -0.819. The second-order valence-electron chi connectivity index (χ2n) is 6.33. The fourth-order valence-corrected chi connectivity index (χ4v) is 3.33. The summed E-state index contributed by atoms with van der Waals surface area (Å²) in [6.07, 6.45) is 2.51. The summed E-state index contributed by atoms with van der Waals surface area (Å²) in [5, 5.41) is 8.90. The molecule has 1 amide bonds. The molecule has 0 spiro atoms. The van der Waals surface area contributed by atoms with Crippen LogP contribution < -0.4 is 0 Å². The summed E-state index contributed by atoms with van der Waals surface area (Å²) in [6.45, 7) is 7.20. The molecule has 1 aliphatic heterocycles. The number of aliphatic carboxylic acids is 1. The Hall–Kier alpha value is -0.710. The van der Waals surface area contributed by atoms with Crippen LogP contribution in [0.2, 0.25) is 0 Å². The number of rotatable bonds is 5. The van der Waals surface area contributed by atoms with Crippen LogP contribution in [0.1, 0.15) is 46.5 Å². The van der Waals surface area contributed by atoms with Gasteiger partial charge in [-0.05, 0) is 18.3 Å². The van der Waals surface area contributed by atoms with Crippen LogP contribution in [-0.2, 0) is 9.59 Å².